The number of hydrogen-bond acceptors (Lipinski definition) is 3. The molecule has 19 heavy (non-hydrogen) atoms. The third-order valence-corrected chi connectivity index (χ3v) is 3.15. The number of nitrogens with zero attached hydrogens (tertiary/aromatic N) is 1. The summed E-state index contributed by atoms with van der Waals surface area (Å²) in [6.45, 7) is 8.09. The summed E-state index contributed by atoms with van der Waals surface area (Å²) in [6, 6.07) is 5.54. The van der Waals surface area contributed by atoms with Crippen LogP contribution in [0.4, 0.5) is 0 Å². The van der Waals surface area contributed by atoms with Gasteiger partial charge in [-0.1, -0.05) is 20.8 Å². The molecule has 2 rings (SSSR count). The fourth-order valence-corrected chi connectivity index (χ4v) is 1.74. The standard InChI is InChI=1S/C15H20N2O2/c1-5-10(4)16-14(18)11-6-7-12-13(8-11)19-15(17-12)9(2)3/h6-10H,5H2,1-4H3,(H,16,18)/t10-/m0/s1. The molecule has 1 aromatic heterocycles. The summed E-state index contributed by atoms with van der Waals surface area (Å²) in [5, 5.41) is 2.94. The lowest BCUT2D eigenvalue weighted by atomic mass is 10.1. The number of aromatic nitrogens is 1. The first-order valence-corrected chi connectivity index (χ1v) is 6.72. The topological polar surface area (TPSA) is 55.1 Å². The molecule has 1 amide bonds. The SMILES string of the molecule is CC[C@H](C)NC(=O)c1ccc2nc(C(C)C)oc2c1. The third kappa shape index (κ3) is 2.95. The van der Waals surface area contributed by atoms with Gasteiger partial charge in [-0.2, -0.15) is 0 Å². The van der Waals surface area contributed by atoms with E-state index in [1.807, 2.05) is 33.8 Å². The maximum absolute atomic E-state index is 12.0. The van der Waals surface area contributed by atoms with Gasteiger partial charge in [-0.05, 0) is 31.5 Å². The summed E-state index contributed by atoms with van der Waals surface area (Å²) in [5.41, 5.74) is 2.07. The Morgan fingerprint density at radius 2 is 2.11 bits per heavy atom. The van der Waals surface area contributed by atoms with Gasteiger partial charge < -0.3 is 9.73 Å². The largest absolute Gasteiger partial charge is 0.440 e. The number of oxazole rings is 1. The summed E-state index contributed by atoms with van der Waals surface area (Å²) in [7, 11) is 0. The van der Waals surface area contributed by atoms with Crippen molar-refractivity contribution < 1.29 is 9.21 Å². The first-order valence-electron chi connectivity index (χ1n) is 6.72. The number of amides is 1. The van der Waals surface area contributed by atoms with Gasteiger partial charge in [0.1, 0.15) is 5.52 Å². The lowest BCUT2D eigenvalue weighted by Gasteiger charge is -2.10. The van der Waals surface area contributed by atoms with Gasteiger partial charge in [0.05, 0.1) is 0 Å². The number of nitrogens with one attached hydrogen (secondary N) is 1. The Hall–Kier alpha value is -1.84. The minimum Gasteiger partial charge on any atom is -0.440 e. The van der Waals surface area contributed by atoms with Crippen LogP contribution in [-0.4, -0.2) is 16.9 Å². The molecule has 102 valence electrons. The molecule has 4 nitrogen and oxygen atoms in total. The average Bonchev–Trinajstić information content (AvgIpc) is 2.81. The van der Waals surface area contributed by atoms with E-state index in [4.69, 9.17) is 4.42 Å². The predicted molar refractivity (Wildman–Crippen MR) is 75.3 cm³/mol. The number of carbonyl (C=O) groups is 1. The molecule has 1 N–H and O–H groups in total. The van der Waals surface area contributed by atoms with Crippen LogP contribution in [0.2, 0.25) is 0 Å². The quantitative estimate of drug-likeness (QED) is 0.915. The lowest BCUT2D eigenvalue weighted by molar-refractivity contribution is 0.0939. The molecular formula is C15H20N2O2. The van der Waals surface area contributed by atoms with Crippen molar-refractivity contribution in [2.45, 2.75) is 46.1 Å². The van der Waals surface area contributed by atoms with E-state index in [0.29, 0.717) is 17.0 Å². The van der Waals surface area contributed by atoms with Gasteiger partial charge in [-0.15, -0.1) is 0 Å². The van der Waals surface area contributed by atoms with E-state index in [-0.39, 0.29) is 17.9 Å². The highest BCUT2D eigenvalue weighted by atomic mass is 16.3. The number of fused-ring (bicyclic) bond motifs is 1. The van der Waals surface area contributed by atoms with Crippen molar-refractivity contribution in [3.05, 3.63) is 29.7 Å². The molecule has 0 saturated heterocycles. The maximum Gasteiger partial charge on any atom is 0.251 e. The van der Waals surface area contributed by atoms with Crippen LogP contribution in [0.1, 0.15) is 56.3 Å². The first kappa shape index (κ1) is 13.6. The zero-order chi connectivity index (χ0) is 14.0. The van der Waals surface area contributed by atoms with E-state index in [1.54, 1.807) is 12.1 Å². The molecule has 0 aliphatic rings. The Morgan fingerprint density at radius 3 is 2.74 bits per heavy atom. The van der Waals surface area contributed by atoms with Crippen LogP contribution in [0.25, 0.3) is 11.1 Å². The normalized spacial score (nSPS) is 12.9. The van der Waals surface area contributed by atoms with Crippen molar-refractivity contribution in [3.63, 3.8) is 0 Å². The van der Waals surface area contributed by atoms with Crippen LogP contribution in [-0.2, 0) is 0 Å². The second-order valence-corrected chi connectivity index (χ2v) is 5.17. The van der Waals surface area contributed by atoms with Gasteiger partial charge in [0.2, 0.25) is 0 Å². The van der Waals surface area contributed by atoms with E-state index in [0.717, 1.165) is 11.9 Å². The molecule has 0 aliphatic carbocycles. The second-order valence-electron chi connectivity index (χ2n) is 5.17. The summed E-state index contributed by atoms with van der Waals surface area (Å²) in [6.07, 6.45) is 0.911. The summed E-state index contributed by atoms with van der Waals surface area (Å²) in [5.74, 6) is 0.873. The number of benzene rings is 1. The van der Waals surface area contributed by atoms with E-state index in [2.05, 4.69) is 10.3 Å². The fourth-order valence-electron chi connectivity index (χ4n) is 1.74. The molecule has 0 bridgehead atoms. The molecule has 1 atom stereocenters. The first-order chi connectivity index (χ1) is 9.01. The average molecular weight is 260 g/mol. The number of carbonyl (C=O) groups excluding carboxylic acids is 1. The van der Waals surface area contributed by atoms with Gasteiger partial charge in [-0.25, -0.2) is 4.98 Å². The third-order valence-electron chi connectivity index (χ3n) is 3.15. The molecule has 1 heterocycles. The Bertz CT molecular complexity index is 587. The molecule has 1 aromatic carbocycles. The van der Waals surface area contributed by atoms with Gasteiger partial charge >= 0.3 is 0 Å². The minimum absolute atomic E-state index is 0.0706. The Morgan fingerprint density at radius 1 is 1.37 bits per heavy atom. The molecule has 2 aromatic rings. The van der Waals surface area contributed by atoms with E-state index in [9.17, 15) is 4.79 Å². The molecular weight excluding hydrogens is 240 g/mol. The van der Waals surface area contributed by atoms with E-state index < -0.39 is 0 Å². The number of hydrogen-bond donors (Lipinski definition) is 1. The Kier molecular flexibility index (Phi) is 3.88. The van der Waals surface area contributed by atoms with Crippen LogP contribution in [0.15, 0.2) is 22.6 Å². The van der Waals surface area contributed by atoms with Crippen LogP contribution < -0.4 is 5.32 Å². The molecule has 0 aliphatic heterocycles. The Balaban J connectivity index is 2.28. The highest BCUT2D eigenvalue weighted by molar-refractivity contribution is 5.97. The van der Waals surface area contributed by atoms with E-state index in [1.165, 1.54) is 0 Å². The molecule has 0 radical (unpaired) electrons. The van der Waals surface area contributed by atoms with Gasteiger partial charge in [0.15, 0.2) is 11.5 Å². The van der Waals surface area contributed by atoms with Gasteiger partial charge in [-0.3, -0.25) is 4.79 Å². The fraction of sp³-hybridized carbons (Fsp3) is 0.467. The van der Waals surface area contributed by atoms with E-state index >= 15 is 0 Å². The van der Waals surface area contributed by atoms with Gasteiger partial charge in [0, 0.05) is 17.5 Å². The molecule has 0 unspecified atom stereocenters. The highest BCUT2D eigenvalue weighted by Crippen LogP contribution is 2.22. The van der Waals surface area contributed by atoms with Crippen molar-refractivity contribution in [1.29, 1.82) is 0 Å². The van der Waals surface area contributed by atoms with Crippen LogP contribution >= 0.6 is 0 Å². The van der Waals surface area contributed by atoms with Crippen LogP contribution in [0, 0.1) is 0 Å². The molecule has 0 spiro atoms. The van der Waals surface area contributed by atoms with Crippen molar-refractivity contribution in [3.8, 4) is 0 Å². The second kappa shape index (κ2) is 5.43. The maximum atomic E-state index is 12.0. The Labute approximate surface area is 113 Å². The summed E-state index contributed by atoms with van der Waals surface area (Å²) >= 11 is 0. The zero-order valence-electron chi connectivity index (χ0n) is 11.9. The zero-order valence-corrected chi connectivity index (χ0v) is 11.9. The van der Waals surface area contributed by atoms with Gasteiger partial charge in [0.25, 0.3) is 5.91 Å². The van der Waals surface area contributed by atoms with Crippen molar-refractivity contribution in [2.75, 3.05) is 0 Å². The monoisotopic (exact) mass is 260 g/mol. The number of rotatable bonds is 4. The van der Waals surface area contributed by atoms with Crippen molar-refractivity contribution in [1.82, 2.24) is 10.3 Å². The molecule has 4 heteroatoms. The van der Waals surface area contributed by atoms with Crippen LogP contribution in [0.5, 0.6) is 0 Å². The predicted octanol–water partition coefficient (Wildman–Crippen LogP) is 3.48. The highest BCUT2D eigenvalue weighted by Gasteiger charge is 2.13. The smallest absolute Gasteiger partial charge is 0.251 e. The summed E-state index contributed by atoms with van der Waals surface area (Å²) in [4.78, 5) is 16.4. The molecule has 0 saturated carbocycles. The van der Waals surface area contributed by atoms with Crippen molar-refractivity contribution >= 4 is 17.0 Å². The lowest BCUT2D eigenvalue weighted by Crippen LogP contribution is -2.31. The summed E-state index contributed by atoms with van der Waals surface area (Å²) < 4.78 is 5.66. The molecule has 0 fully saturated rings. The van der Waals surface area contributed by atoms with Crippen LogP contribution in [0.3, 0.4) is 0 Å². The minimum atomic E-state index is -0.0706. The van der Waals surface area contributed by atoms with Crippen molar-refractivity contribution in [2.24, 2.45) is 0 Å².